The van der Waals surface area contributed by atoms with Crippen LogP contribution in [0.3, 0.4) is 0 Å². The lowest BCUT2D eigenvalue weighted by atomic mass is 10.1. The number of hydrogen-bond acceptors (Lipinski definition) is 4. The normalized spacial score (nSPS) is 19.3. The Bertz CT molecular complexity index is 563. The van der Waals surface area contributed by atoms with Crippen molar-refractivity contribution in [2.75, 3.05) is 18.1 Å². The van der Waals surface area contributed by atoms with Gasteiger partial charge >= 0.3 is 0 Å². The van der Waals surface area contributed by atoms with Crippen molar-refractivity contribution in [1.29, 1.82) is 0 Å². The van der Waals surface area contributed by atoms with Crippen molar-refractivity contribution in [3.8, 4) is 0 Å². The number of carbonyl (C=O) groups excluding carboxylic acids is 1. The Kier molecular flexibility index (Phi) is 4.21. The van der Waals surface area contributed by atoms with Gasteiger partial charge in [0.15, 0.2) is 9.84 Å². The van der Waals surface area contributed by atoms with Crippen LogP contribution in [0.4, 0.5) is 5.69 Å². The third-order valence-corrected chi connectivity index (χ3v) is 4.31. The van der Waals surface area contributed by atoms with E-state index in [1.165, 1.54) is 6.07 Å². The standard InChI is InChI=1S/C13H18N2O3S/c1-19(17,18)12-7-3-2-6-11(12)15-13(16)9-10-5-4-8-14-10/h2-3,6-7,10,14H,4-5,8-9H2,1H3,(H,15,16). The number of anilines is 1. The van der Waals surface area contributed by atoms with Crippen LogP contribution in [0, 0.1) is 0 Å². The number of rotatable bonds is 4. The molecule has 1 saturated heterocycles. The number of benzene rings is 1. The molecule has 1 heterocycles. The predicted molar refractivity (Wildman–Crippen MR) is 73.8 cm³/mol. The molecule has 1 atom stereocenters. The molecule has 0 radical (unpaired) electrons. The fourth-order valence-electron chi connectivity index (χ4n) is 2.25. The van der Waals surface area contributed by atoms with Gasteiger partial charge in [0.1, 0.15) is 0 Å². The highest BCUT2D eigenvalue weighted by molar-refractivity contribution is 7.90. The highest BCUT2D eigenvalue weighted by Crippen LogP contribution is 2.21. The van der Waals surface area contributed by atoms with Gasteiger partial charge < -0.3 is 10.6 Å². The first kappa shape index (κ1) is 14.0. The summed E-state index contributed by atoms with van der Waals surface area (Å²) in [6.45, 7) is 0.942. The zero-order chi connectivity index (χ0) is 13.9. The molecule has 5 nitrogen and oxygen atoms in total. The van der Waals surface area contributed by atoms with Gasteiger partial charge in [-0.25, -0.2) is 8.42 Å². The molecule has 1 amide bonds. The van der Waals surface area contributed by atoms with Gasteiger partial charge in [0.2, 0.25) is 5.91 Å². The predicted octanol–water partition coefficient (Wildman–Crippen LogP) is 1.17. The molecule has 0 aromatic heterocycles. The van der Waals surface area contributed by atoms with E-state index in [1.807, 2.05) is 0 Å². The highest BCUT2D eigenvalue weighted by atomic mass is 32.2. The summed E-state index contributed by atoms with van der Waals surface area (Å²) >= 11 is 0. The molecule has 0 aliphatic carbocycles. The Labute approximate surface area is 113 Å². The minimum absolute atomic E-state index is 0.155. The van der Waals surface area contributed by atoms with Crippen LogP contribution in [0.1, 0.15) is 19.3 Å². The van der Waals surface area contributed by atoms with Crippen LogP contribution < -0.4 is 10.6 Å². The first-order valence-electron chi connectivity index (χ1n) is 6.29. The SMILES string of the molecule is CS(=O)(=O)c1ccccc1NC(=O)CC1CCCN1. The van der Waals surface area contributed by atoms with Gasteiger partial charge in [0, 0.05) is 18.7 Å². The smallest absolute Gasteiger partial charge is 0.225 e. The number of carbonyl (C=O) groups is 1. The van der Waals surface area contributed by atoms with Gasteiger partial charge in [-0.3, -0.25) is 4.79 Å². The van der Waals surface area contributed by atoms with E-state index < -0.39 is 9.84 Å². The molecule has 104 valence electrons. The van der Waals surface area contributed by atoms with Gasteiger partial charge in [0.25, 0.3) is 0 Å². The molecule has 2 N–H and O–H groups in total. The quantitative estimate of drug-likeness (QED) is 0.869. The second kappa shape index (κ2) is 5.71. The number of para-hydroxylation sites is 1. The lowest BCUT2D eigenvalue weighted by molar-refractivity contribution is -0.116. The van der Waals surface area contributed by atoms with Gasteiger partial charge in [-0.2, -0.15) is 0 Å². The summed E-state index contributed by atoms with van der Waals surface area (Å²) in [6, 6.07) is 6.66. The molecule has 1 aromatic carbocycles. The van der Waals surface area contributed by atoms with Crippen LogP contribution >= 0.6 is 0 Å². The average molecular weight is 282 g/mol. The lowest BCUT2D eigenvalue weighted by Crippen LogP contribution is -2.27. The van der Waals surface area contributed by atoms with Crippen LogP contribution in [0.5, 0.6) is 0 Å². The van der Waals surface area contributed by atoms with E-state index in [-0.39, 0.29) is 16.8 Å². The van der Waals surface area contributed by atoms with E-state index in [2.05, 4.69) is 10.6 Å². The maximum atomic E-state index is 11.9. The minimum Gasteiger partial charge on any atom is -0.325 e. The largest absolute Gasteiger partial charge is 0.325 e. The maximum absolute atomic E-state index is 11.9. The Morgan fingerprint density at radius 2 is 2.16 bits per heavy atom. The fraction of sp³-hybridized carbons (Fsp3) is 0.462. The summed E-state index contributed by atoms with van der Waals surface area (Å²) in [5.41, 5.74) is 0.355. The second-order valence-electron chi connectivity index (χ2n) is 4.81. The zero-order valence-corrected chi connectivity index (χ0v) is 11.7. The molecular weight excluding hydrogens is 264 g/mol. The molecule has 0 saturated carbocycles. The van der Waals surface area contributed by atoms with Crippen molar-refractivity contribution < 1.29 is 13.2 Å². The van der Waals surface area contributed by atoms with Crippen molar-refractivity contribution in [3.05, 3.63) is 24.3 Å². The zero-order valence-electron chi connectivity index (χ0n) is 10.8. The Morgan fingerprint density at radius 1 is 1.42 bits per heavy atom. The lowest BCUT2D eigenvalue weighted by Gasteiger charge is -2.12. The molecule has 1 fully saturated rings. The van der Waals surface area contributed by atoms with E-state index in [4.69, 9.17) is 0 Å². The van der Waals surface area contributed by atoms with E-state index in [1.54, 1.807) is 18.2 Å². The molecule has 1 aliphatic rings. The summed E-state index contributed by atoms with van der Waals surface area (Å²) in [7, 11) is -3.34. The van der Waals surface area contributed by atoms with Crippen LogP contribution in [-0.4, -0.2) is 33.2 Å². The minimum atomic E-state index is -3.34. The highest BCUT2D eigenvalue weighted by Gasteiger charge is 2.19. The average Bonchev–Trinajstić information content (AvgIpc) is 2.81. The van der Waals surface area contributed by atoms with Gasteiger partial charge in [0.05, 0.1) is 10.6 Å². The molecule has 6 heteroatoms. The summed E-state index contributed by atoms with van der Waals surface area (Å²) in [5, 5.41) is 5.92. The van der Waals surface area contributed by atoms with Crippen LogP contribution in [0.15, 0.2) is 29.2 Å². The van der Waals surface area contributed by atoms with Gasteiger partial charge in [-0.1, -0.05) is 12.1 Å². The van der Waals surface area contributed by atoms with Gasteiger partial charge in [-0.05, 0) is 31.5 Å². The van der Waals surface area contributed by atoms with E-state index >= 15 is 0 Å². The van der Waals surface area contributed by atoms with Crippen LogP contribution in [-0.2, 0) is 14.6 Å². The second-order valence-corrected chi connectivity index (χ2v) is 6.80. The van der Waals surface area contributed by atoms with Crippen molar-refractivity contribution in [3.63, 3.8) is 0 Å². The molecule has 19 heavy (non-hydrogen) atoms. The summed E-state index contributed by atoms with van der Waals surface area (Å²) in [4.78, 5) is 12.1. The van der Waals surface area contributed by atoms with Crippen molar-refractivity contribution in [2.45, 2.75) is 30.2 Å². The van der Waals surface area contributed by atoms with E-state index in [9.17, 15) is 13.2 Å². The molecule has 1 aromatic rings. The number of hydrogen-bond donors (Lipinski definition) is 2. The molecule has 1 aliphatic heterocycles. The maximum Gasteiger partial charge on any atom is 0.225 e. The van der Waals surface area contributed by atoms with Crippen LogP contribution in [0.25, 0.3) is 0 Å². The van der Waals surface area contributed by atoms with E-state index in [0.29, 0.717) is 12.1 Å². The molecule has 2 rings (SSSR count). The van der Waals surface area contributed by atoms with Crippen molar-refractivity contribution in [1.82, 2.24) is 5.32 Å². The molecule has 0 spiro atoms. The Morgan fingerprint density at radius 3 is 2.79 bits per heavy atom. The Hall–Kier alpha value is -1.40. The third kappa shape index (κ3) is 3.78. The number of sulfone groups is 1. The first-order valence-corrected chi connectivity index (χ1v) is 8.18. The topological polar surface area (TPSA) is 75.3 Å². The van der Waals surface area contributed by atoms with Crippen molar-refractivity contribution in [2.24, 2.45) is 0 Å². The monoisotopic (exact) mass is 282 g/mol. The fourth-order valence-corrected chi connectivity index (χ4v) is 3.09. The van der Waals surface area contributed by atoms with E-state index in [0.717, 1.165) is 25.6 Å². The molecule has 0 bridgehead atoms. The molecular formula is C13H18N2O3S. The summed E-state index contributed by atoms with van der Waals surface area (Å²) < 4.78 is 23.2. The number of amides is 1. The Balaban J connectivity index is 2.08. The van der Waals surface area contributed by atoms with Crippen molar-refractivity contribution >= 4 is 21.4 Å². The first-order chi connectivity index (χ1) is 8.97. The summed E-state index contributed by atoms with van der Waals surface area (Å²) in [5.74, 6) is -0.157. The molecule has 1 unspecified atom stereocenters. The number of nitrogens with one attached hydrogen (secondary N) is 2. The van der Waals surface area contributed by atoms with Gasteiger partial charge in [-0.15, -0.1) is 0 Å². The third-order valence-electron chi connectivity index (χ3n) is 3.15. The summed E-state index contributed by atoms with van der Waals surface area (Å²) in [6.07, 6.45) is 3.58. The van der Waals surface area contributed by atoms with Crippen LogP contribution in [0.2, 0.25) is 0 Å².